The zero-order chi connectivity index (χ0) is 19.1. The normalized spacial score (nSPS) is 14.4. The zero-order valence-electron chi connectivity index (χ0n) is 15.3. The number of amides is 2. The van der Waals surface area contributed by atoms with E-state index in [1.807, 2.05) is 0 Å². The molecule has 0 aliphatic carbocycles. The number of rotatable bonds is 6. The van der Waals surface area contributed by atoms with Crippen molar-refractivity contribution < 1.29 is 24.0 Å². The molecule has 0 bridgehead atoms. The zero-order valence-corrected chi connectivity index (χ0v) is 15.3. The lowest BCUT2D eigenvalue weighted by Gasteiger charge is -2.23. The SMILES string of the molecule is COc1ccc(NC(=O)c2ccccc2NC(=O)C[NH+]2CCOCC2)cc1. The van der Waals surface area contributed by atoms with Gasteiger partial charge in [0.15, 0.2) is 6.54 Å². The number of nitrogens with one attached hydrogen (secondary N) is 3. The monoisotopic (exact) mass is 370 g/mol. The summed E-state index contributed by atoms with van der Waals surface area (Å²) >= 11 is 0. The van der Waals surface area contributed by atoms with Gasteiger partial charge >= 0.3 is 0 Å². The first-order valence-electron chi connectivity index (χ1n) is 8.91. The van der Waals surface area contributed by atoms with Crippen LogP contribution in [0.2, 0.25) is 0 Å². The number of hydrogen-bond acceptors (Lipinski definition) is 4. The van der Waals surface area contributed by atoms with Crippen molar-refractivity contribution >= 4 is 23.2 Å². The van der Waals surface area contributed by atoms with Crippen LogP contribution in [0.25, 0.3) is 0 Å². The minimum Gasteiger partial charge on any atom is -0.497 e. The molecule has 1 saturated heterocycles. The Morgan fingerprint density at radius 1 is 1.04 bits per heavy atom. The maximum Gasteiger partial charge on any atom is 0.279 e. The number of benzene rings is 2. The highest BCUT2D eigenvalue weighted by Gasteiger charge is 2.19. The molecule has 0 saturated carbocycles. The van der Waals surface area contributed by atoms with Crippen LogP contribution in [0.1, 0.15) is 10.4 Å². The number of carbonyl (C=O) groups is 2. The highest BCUT2D eigenvalue weighted by atomic mass is 16.5. The topological polar surface area (TPSA) is 81.1 Å². The molecule has 7 nitrogen and oxygen atoms in total. The molecule has 142 valence electrons. The van der Waals surface area contributed by atoms with Gasteiger partial charge in [-0.3, -0.25) is 9.59 Å². The first-order valence-corrected chi connectivity index (χ1v) is 8.91. The summed E-state index contributed by atoms with van der Waals surface area (Å²) in [7, 11) is 1.59. The highest BCUT2D eigenvalue weighted by molar-refractivity contribution is 6.10. The first-order chi connectivity index (χ1) is 13.2. The third-order valence-corrected chi connectivity index (χ3v) is 4.40. The number of para-hydroxylation sites is 1. The third kappa shape index (κ3) is 5.29. The molecular formula is C20H24N3O4+. The fourth-order valence-corrected chi connectivity index (χ4v) is 2.92. The molecule has 1 heterocycles. The molecule has 7 heteroatoms. The fraction of sp³-hybridized carbons (Fsp3) is 0.300. The van der Waals surface area contributed by atoms with Gasteiger partial charge in [0.1, 0.15) is 18.8 Å². The third-order valence-electron chi connectivity index (χ3n) is 4.40. The Labute approximate surface area is 158 Å². The van der Waals surface area contributed by atoms with Crippen molar-refractivity contribution in [1.29, 1.82) is 0 Å². The van der Waals surface area contributed by atoms with Crippen molar-refractivity contribution in [2.75, 3.05) is 50.6 Å². The molecule has 2 amide bonds. The molecule has 0 spiro atoms. The Kier molecular flexibility index (Phi) is 6.40. The van der Waals surface area contributed by atoms with E-state index in [-0.39, 0.29) is 11.8 Å². The Morgan fingerprint density at radius 2 is 1.74 bits per heavy atom. The molecule has 27 heavy (non-hydrogen) atoms. The maximum atomic E-state index is 12.6. The predicted octanol–water partition coefficient (Wildman–Crippen LogP) is 0.801. The second-order valence-corrected chi connectivity index (χ2v) is 6.32. The number of quaternary nitrogens is 1. The van der Waals surface area contributed by atoms with Crippen LogP contribution in [-0.2, 0) is 9.53 Å². The smallest absolute Gasteiger partial charge is 0.279 e. The average molecular weight is 370 g/mol. The summed E-state index contributed by atoms with van der Waals surface area (Å²) in [6.07, 6.45) is 0. The maximum absolute atomic E-state index is 12.6. The second-order valence-electron chi connectivity index (χ2n) is 6.32. The first kappa shape index (κ1) is 18.9. The van der Waals surface area contributed by atoms with Gasteiger partial charge in [0.05, 0.1) is 31.6 Å². The lowest BCUT2D eigenvalue weighted by Crippen LogP contribution is -3.15. The van der Waals surface area contributed by atoms with E-state index in [4.69, 9.17) is 9.47 Å². The Hall–Kier alpha value is -2.90. The number of morpholine rings is 1. The standard InChI is InChI=1S/C20H23N3O4/c1-26-16-8-6-15(7-9-16)21-20(25)17-4-2-3-5-18(17)22-19(24)14-23-10-12-27-13-11-23/h2-9H,10-14H2,1H3,(H,21,25)(H,22,24)/p+1. The number of ether oxygens (including phenoxy) is 2. The molecule has 3 rings (SSSR count). The van der Waals surface area contributed by atoms with E-state index >= 15 is 0 Å². The van der Waals surface area contributed by atoms with Gasteiger partial charge < -0.3 is 25.0 Å². The van der Waals surface area contributed by atoms with Gasteiger partial charge in [-0.25, -0.2) is 0 Å². The number of methoxy groups -OCH3 is 1. The van der Waals surface area contributed by atoms with Gasteiger partial charge in [0.25, 0.3) is 11.8 Å². The van der Waals surface area contributed by atoms with E-state index in [9.17, 15) is 9.59 Å². The lowest BCUT2D eigenvalue weighted by atomic mass is 10.1. The van der Waals surface area contributed by atoms with Crippen molar-refractivity contribution in [3.8, 4) is 5.75 Å². The van der Waals surface area contributed by atoms with Crippen LogP contribution in [0.15, 0.2) is 48.5 Å². The van der Waals surface area contributed by atoms with E-state index in [1.165, 1.54) is 4.90 Å². The summed E-state index contributed by atoms with van der Waals surface area (Å²) in [5.74, 6) is 0.317. The molecule has 0 unspecified atom stereocenters. The quantitative estimate of drug-likeness (QED) is 0.703. The van der Waals surface area contributed by atoms with Crippen molar-refractivity contribution in [3.63, 3.8) is 0 Å². The van der Waals surface area contributed by atoms with Gasteiger partial charge in [0.2, 0.25) is 0 Å². The fourth-order valence-electron chi connectivity index (χ4n) is 2.92. The predicted molar refractivity (Wildman–Crippen MR) is 102 cm³/mol. The van der Waals surface area contributed by atoms with Gasteiger partial charge in [-0.15, -0.1) is 0 Å². The Morgan fingerprint density at radius 3 is 2.44 bits per heavy atom. The summed E-state index contributed by atoms with van der Waals surface area (Å²) in [5.41, 5.74) is 1.57. The number of hydrogen-bond donors (Lipinski definition) is 3. The van der Waals surface area contributed by atoms with E-state index in [0.29, 0.717) is 42.4 Å². The molecule has 3 N–H and O–H groups in total. The minimum atomic E-state index is -0.283. The van der Waals surface area contributed by atoms with Crippen LogP contribution in [0, 0.1) is 0 Å². The molecule has 1 aliphatic heterocycles. The Bertz CT molecular complexity index is 786. The molecule has 2 aromatic carbocycles. The summed E-state index contributed by atoms with van der Waals surface area (Å²) in [5, 5.41) is 5.70. The van der Waals surface area contributed by atoms with Gasteiger partial charge in [-0.1, -0.05) is 12.1 Å². The van der Waals surface area contributed by atoms with E-state index in [0.717, 1.165) is 13.1 Å². The van der Waals surface area contributed by atoms with Crippen LogP contribution in [-0.4, -0.2) is 51.8 Å². The molecule has 0 radical (unpaired) electrons. The van der Waals surface area contributed by atoms with Crippen molar-refractivity contribution in [2.24, 2.45) is 0 Å². The van der Waals surface area contributed by atoms with Crippen LogP contribution >= 0.6 is 0 Å². The number of carbonyl (C=O) groups excluding carboxylic acids is 2. The lowest BCUT2D eigenvalue weighted by molar-refractivity contribution is -0.899. The van der Waals surface area contributed by atoms with E-state index in [2.05, 4.69) is 10.6 Å². The molecule has 0 aromatic heterocycles. The van der Waals surface area contributed by atoms with E-state index in [1.54, 1.807) is 55.6 Å². The van der Waals surface area contributed by atoms with Gasteiger partial charge in [-0.05, 0) is 36.4 Å². The van der Waals surface area contributed by atoms with Crippen molar-refractivity contribution in [3.05, 3.63) is 54.1 Å². The average Bonchev–Trinajstić information content (AvgIpc) is 2.69. The van der Waals surface area contributed by atoms with Crippen LogP contribution in [0.3, 0.4) is 0 Å². The van der Waals surface area contributed by atoms with Crippen molar-refractivity contribution in [2.45, 2.75) is 0 Å². The Balaban J connectivity index is 1.65. The second kappa shape index (κ2) is 9.16. The number of anilines is 2. The highest BCUT2D eigenvalue weighted by Crippen LogP contribution is 2.19. The van der Waals surface area contributed by atoms with Crippen LogP contribution in [0.4, 0.5) is 11.4 Å². The summed E-state index contributed by atoms with van der Waals surface area (Å²) in [6, 6.07) is 14.1. The summed E-state index contributed by atoms with van der Waals surface area (Å²) < 4.78 is 10.4. The summed E-state index contributed by atoms with van der Waals surface area (Å²) in [6.45, 7) is 3.32. The van der Waals surface area contributed by atoms with E-state index < -0.39 is 0 Å². The van der Waals surface area contributed by atoms with Gasteiger partial charge in [-0.2, -0.15) is 0 Å². The molecule has 0 atom stereocenters. The summed E-state index contributed by atoms with van der Waals surface area (Å²) in [4.78, 5) is 26.2. The van der Waals surface area contributed by atoms with Gasteiger partial charge in [0, 0.05) is 5.69 Å². The molecule has 1 fully saturated rings. The largest absolute Gasteiger partial charge is 0.497 e. The van der Waals surface area contributed by atoms with Crippen molar-refractivity contribution in [1.82, 2.24) is 0 Å². The molecule has 2 aromatic rings. The van der Waals surface area contributed by atoms with Crippen LogP contribution in [0.5, 0.6) is 5.75 Å². The van der Waals surface area contributed by atoms with Crippen LogP contribution < -0.4 is 20.3 Å². The molecule has 1 aliphatic rings. The minimum absolute atomic E-state index is 0.114. The molecular weight excluding hydrogens is 346 g/mol.